The Labute approximate surface area is 237 Å². The first kappa shape index (κ1) is 29.3. The van der Waals surface area contributed by atoms with Gasteiger partial charge in [0.05, 0.1) is 30.8 Å². The Morgan fingerprint density at radius 2 is 1.77 bits per heavy atom. The van der Waals surface area contributed by atoms with Crippen LogP contribution in [0.25, 0.3) is 0 Å². The molecule has 0 saturated carbocycles. The molecule has 4 rings (SSSR count). The minimum atomic E-state index is -4.01. The number of hydrogen-bond acceptors (Lipinski definition) is 6. The highest BCUT2D eigenvalue weighted by Crippen LogP contribution is 2.40. The van der Waals surface area contributed by atoms with Crippen molar-refractivity contribution >= 4 is 21.6 Å². The van der Waals surface area contributed by atoms with Gasteiger partial charge < -0.3 is 19.5 Å². The first-order chi connectivity index (χ1) is 18.9. The summed E-state index contributed by atoms with van der Waals surface area (Å²) in [6.45, 7) is 10.7. The van der Waals surface area contributed by atoms with E-state index in [4.69, 9.17) is 14.2 Å². The zero-order chi connectivity index (χ0) is 29.1. The lowest BCUT2D eigenvalue weighted by atomic mass is 9.86. The third-order valence-corrected chi connectivity index (χ3v) is 8.63. The van der Waals surface area contributed by atoms with Gasteiger partial charge in [-0.05, 0) is 64.9 Å². The largest absolute Gasteiger partial charge is 0.497 e. The number of carbonyl (C=O) groups is 1. The van der Waals surface area contributed by atoms with Gasteiger partial charge in [0.1, 0.15) is 23.9 Å². The van der Waals surface area contributed by atoms with Gasteiger partial charge in [0, 0.05) is 0 Å². The lowest BCUT2D eigenvalue weighted by Gasteiger charge is -2.36. The third-order valence-electron chi connectivity index (χ3n) is 6.83. The molecule has 0 unspecified atom stereocenters. The number of nitrogens with zero attached hydrogens (tertiary/aromatic N) is 1. The van der Waals surface area contributed by atoms with E-state index in [1.54, 1.807) is 18.2 Å². The maximum atomic E-state index is 13.9. The lowest BCUT2D eigenvalue weighted by Crippen LogP contribution is -2.51. The van der Waals surface area contributed by atoms with Crippen molar-refractivity contribution in [1.29, 1.82) is 0 Å². The van der Waals surface area contributed by atoms with E-state index in [1.807, 2.05) is 36.4 Å². The lowest BCUT2D eigenvalue weighted by molar-refractivity contribution is -0.127. The van der Waals surface area contributed by atoms with Crippen molar-refractivity contribution in [2.45, 2.75) is 57.0 Å². The second-order valence-electron chi connectivity index (χ2n) is 11.1. The number of sulfonamides is 1. The SMILES string of the molecule is COc1ccc(S(=O)(=O)N2C[C@@H](C(=O)NCCOc3ccccc3C(C)C)Oc3ccc(C(C)(C)C)cc32)cc1. The fourth-order valence-corrected chi connectivity index (χ4v) is 5.96. The van der Waals surface area contributed by atoms with E-state index in [9.17, 15) is 13.2 Å². The molecule has 40 heavy (non-hydrogen) atoms. The Balaban J connectivity index is 1.55. The van der Waals surface area contributed by atoms with Gasteiger partial charge in [0.15, 0.2) is 6.10 Å². The summed E-state index contributed by atoms with van der Waals surface area (Å²) < 4.78 is 46.1. The van der Waals surface area contributed by atoms with Crippen LogP contribution in [0.1, 0.15) is 51.7 Å². The standard InChI is InChI=1S/C31H38N2O6S/c1-21(2)25-9-7-8-10-27(25)38-18-17-32-30(34)29-20-33(40(35,36)24-14-12-23(37-6)13-15-24)26-19-22(31(3,4)5)11-16-28(26)39-29/h7-16,19,21,29H,17-18,20H2,1-6H3,(H,32,34)/t29-/m0/s1. The van der Waals surface area contributed by atoms with Crippen molar-refractivity contribution in [3.05, 3.63) is 77.9 Å². The fraction of sp³-hybridized carbons (Fsp3) is 0.387. The smallest absolute Gasteiger partial charge is 0.264 e. The van der Waals surface area contributed by atoms with Crippen LogP contribution in [0.2, 0.25) is 0 Å². The molecule has 1 heterocycles. The molecule has 1 N–H and O–H groups in total. The Morgan fingerprint density at radius 3 is 2.42 bits per heavy atom. The van der Waals surface area contributed by atoms with Gasteiger partial charge in [-0.15, -0.1) is 0 Å². The number of nitrogens with one attached hydrogen (secondary N) is 1. The van der Waals surface area contributed by atoms with Crippen molar-refractivity contribution in [2.75, 3.05) is 31.1 Å². The molecule has 1 aliphatic rings. The van der Waals surface area contributed by atoms with Crippen molar-refractivity contribution in [3.63, 3.8) is 0 Å². The first-order valence-electron chi connectivity index (χ1n) is 13.4. The van der Waals surface area contributed by atoms with Gasteiger partial charge in [0.2, 0.25) is 0 Å². The predicted octanol–water partition coefficient (Wildman–Crippen LogP) is 5.27. The second kappa shape index (κ2) is 11.8. The average Bonchev–Trinajstić information content (AvgIpc) is 2.93. The molecule has 3 aromatic rings. The van der Waals surface area contributed by atoms with Crippen LogP contribution in [0.3, 0.4) is 0 Å². The zero-order valence-corrected chi connectivity index (χ0v) is 24.7. The number of rotatable bonds is 9. The molecule has 1 aliphatic heterocycles. The summed E-state index contributed by atoms with van der Waals surface area (Å²) >= 11 is 0. The molecule has 1 atom stereocenters. The molecular weight excluding hydrogens is 528 g/mol. The summed E-state index contributed by atoms with van der Waals surface area (Å²) in [5, 5.41) is 2.84. The minimum absolute atomic E-state index is 0.0960. The molecule has 0 aromatic heterocycles. The van der Waals surface area contributed by atoms with Crippen molar-refractivity contribution in [2.24, 2.45) is 0 Å². The quantitative estimate of drug-likeness (QED) is 0.355. The number of para-hydroxylation sites is 1. The summed E-state index contributed by atoms with van der Waals surface area (Å²) in [6.07, 6.45) is -1.04. The van der Waals surface area contributed by atoms with E-state index in [-0.39, 0.29) is 30.0 Å². The number of fused-ring (bicyclic) bond motifs is 1. The van der Waals surface area contributed by atoms with Crippen LogP contribution < -0.4 is 23.8 Å². The third kappa shape index (κ3) is 6.36. The van der Waals surface area contributed by atoms with E-state index < -0.39 is 22.0 Å². The summed E-state index contributed by atoms with van der Waals surface area (Å²) in [5.41, 5.74) is 2.23. The van der Waals surface area contributed by atoms with Crippen molar-refractivity contribution in [1.82, 2.24) is 5.32 Å². The topological polar surface area (TPSA) is 94.2 Å². The molecular formula is C31H38N2O6S. The number of hydrogen-bond donors (Lipinski definition) is 1. The van der Waals surface area contributed by atoms with Crippen LogP contribution in [0.5, 0.6) is 17.2 Å². The normalized spacial score (nSPS) is 15.3. The Morgan fingerprint density at radius 1 is 1.07 bits per heavy atom. The van der Waals surface area contributed by atoms with Gasteiger partial charge in [-0.2, -0.15) is 0 Å². The van der Waals surface area contributed by atoms with Crippen LogP contribution in [0, 0.1) is 0 Å². The maximum absolute atomic E-state index is 13.9. The van der Waals surface area contributed by atoms with Crippen LogP contribution in [0.15, 0.2) is 71.6 Å². The first-order valence-corrected chi connectivity index (χ1v) is 14.8. The molecule has 0 fully saturated rings. The van der Waals surface area contributed by atoms with E-state index in [1.165, 1.54) is 23.5 Å². The van der Waals surface area contributed by atoms with E-state index >= 15 is 0 Å². The number of benzene rings is 3. The molecule has 1 amide bonds. The molecule has 0 bridgehead atoms. The summed E-state index contributed by atoms with van der Waals surface area (Å²) in [7, 11) is -2.49. The molecule has 0 spiro atoms. The van der Waals surface area contributed by atoms with Gasteiger partial charge in [-0.1, -0.05) is 58.9 Å². The van der Waals surface area contributed by atoms with Crippen LogP contribution in [-0.4, -0.2) is 47.2 Å². The number of methoxy groups -OCH3 is 1. The molecule has 0 aliphatic carbocycles. The minimum Gasteiger partial charge on any atom is -0.497 e. The molecule has 9 heteroatoms. The van der Waals surface area contributed by atoms with Crippen LogP contribution >= 0.6 is 0 Å². The number of anilines is 1. The van der Waals surface area contributed by atoms with Gasteiger partial charge >= 0.3 is 0 Å². The van der Waals surface area contributed by atoms with E-state index in [0.29, 0.717) is 23.1 Å². The highest BCUT2D eigenvalue weighted by atomic mass is 32.2. The predicted molar refractivity (Wildman–Crippen MR) is 156 cm³/mol. The number of carbonyl (C=O) groups excluding carboxylic acids is 1. The molecule has 0 saturated heterocycles. The van der Waals surface area contributed by atoms with Gasteiger partial charge in [-0.3, -0.25) is 9.10 Å². The average molecular weight is 567 g/mol. The number of ether oxygens (including phenoxy) is 3. The Bertz CT molecular complexity index is 1450. The molecule has 8 nitrogen and oxygen atoms in total. The van der Waals surface area contributed by atoms with E-state index in [0.717, 1.165) is 16.9 Å². The highest BCUT2D eigenvalue weighted by Gasteiger charge is 2.38. The Hall–Kier alpha value is -3.72. The highest BCUT2D eigenvalue weighted by molar-refractivity contribution is 7.92. The molecule has 0 radical (unpaired) electrons. The maximum Gasteiger partial charge on any atom is 0.264 e. The zero-order valence-electron chi connectivity index (χ0n) is 23.9. The van der Waals surface area contributed by atoms with Gasteiger partial charge in [0.25, 0.3) is 15.9 Å². The summed E-state index contributed by atoms with van der Waals surface area (Å²) in [4.78, 5) is 13.3. The second-order valence-corrected chi connectivity index (χ2v) is 12.9. The number of amides is 1. The molecule has 214 valence electrons. The van der Waals surface area contributed by atoms with Crippen molar-refractivity contribution < 1.29 is 27.4 Å². The van der Waals surface area contributed by atoms with Crippen LogP contribution in [-0.2, 0) is 20.2 Å². The summed E-state index contributed by atoms with van der Waals surface area (Å²) in [5.74, 6) is 1.55. The molecule has 3 aromatic carbocycles. The monoisotopic (exact) mass is 566 g/mol. The van der Waals surface area contributed by atoms with Crippen LogP contribution in [0.4, 0.5) is 5.69 Å². The van der Waals surface area contributed by atoms with Crippen molar-refractivity contribution in [3.8, 4) is 17.2 Å². The van der Waals surface area contributed by atoms with E-state index in [2.05, 4.69) is 39.9 Å². The van der Waals surface area contributed by atoms with Gasteiger partial charge in [-0.25, -0.2) is 8.42 Å². The fourth-order valence-electron chi connectivity index (χ4n) is 4.49. The summed E-state index contributed by atoms with van der Waals surface area (Å²) in [6, 6.07) is 19.5. The Kier molecular flexibility index (Phi) is 8.63.